The van der Waals surface area contributed by atoms with Gasteiger partial charge in [-0.2, -0.15) is 13.2 Å². The highest BCUT2D eigenvalue weighted by atomic mass is 35.5. The second-order valence-corrected chi connectivity index (χ2v) is 9.06. The Morgan fingerprint density at radius 2 is 2.00 bits per heavy atom. The number of nitrogens with one attached hydrogen (secondary N) is 2. The second kappa shape index (κ2) is 11.5. The van der Waals surface area contributed by atoms with E-state index in [0.29, 0.717) is 16.8 Å². The quantitative estimate of drug-likeness (QED) is 0.224. The molecule has 0 fully saturated rings. The SMILES string of the molecule is C=C(/C=C(\N=CC)C(=O)N[C@H](C)c1ncc(C(=O)Nc2cc(C(F)(F)F)c(Cl)cn2)s1)n1cnc(C)c1. The lowest BCUT2D eigenvalue weighted by Crippen LogP contribution is -2.27. The van der Waals surface area contributed by atoms with Gasteiger partial charge in [-0.25, -0.2) is 15.0 Å². The zero-order chi connectivity index (χ0) is 27.3. The van der Waals surface area contributed by atoms with E-state index in [1.807, 2.05) is 6.92 Å². The van der Waals surface area contributed by atoms with Gasteiger partial charge < -0.3 is 15.2 Å². The molecule has 2 amide bonds. The summed E-state index contributed by atoms with van der Waals surface area (Å²) >= 11 is 6.52. The van der Waals surface area contributed by atoms with Crippen LogP contribution in [0.3, 0.4) is 0 Å². The van der Waals surface area contributed by atoms with Crippen molar-refractivity contribution in [2.45, 2.75) is 33.0 Å². The summed E-state index contributed by atoms with van der Waals surface area (Å²) in [7, 11) is 0. The average Bonchev–Trinajstić information content (AvgIpc) is 3.49. The first-order valence-corrected chi connectivity index (χ1v) is 11.8. The molecule has 3 aromatic heterocycles. The fourth-order valence-electron chi connectivity index (χ4n) is 2.94. The molecule has 194 valence electrons. The predicted octanol–water partition coefficient (Wildman–Crippen LogP) is 5.29. The topological polar surface area (TPSA) is 114 Å². The van der Waals surface area contributed by atoms with Crippen molar-refractivity contribution in [3.8, 4) is 0 Å². The highest BCUT2D eigenvalue weighted by Gasteiger charge is 2.34. The van der Waals surface area contributed by atoms with E-state index in [9.17, 15) is 22.8 Å². The van der Waals surface area contributed by atoms with Crippen LogP contribution in [-0.4, -0.2) is 37.5 Å². The molecule has 3 rings (SSSR count). The van der Waals surface area contributed by atoms with Gasteiger partial charge in [0.25, 0.3) is 11.8 Å². The number of carbonyl (C=O) groups is 2. The molecule has 1 atom stereocenters. The maximum Gasteiger partial charge on any atom is 0.418 e. The van der Waals surface area contributed by atoms with E-state index in [2.05, 4.69) is 37.2 Å². The lowest BCUT2D eigenvalue weighted by atomic mass is 10.2. The van der Waals surface area contributed by atoms with Crippen molar-refractivity contribution < 1.29 is 22.8 Å². The van der Waals surface area contributed by atoms with Gasteiger partial charge in [-0.15, -0.1) is 11.3 Å². The molecule has 3 heterocycles. The van der Waals surface area contributed by atoms with Gasteiger partial charge in [-0.05, 0) is 32.9 Å². The monoisotopic (exact) mass is 551 g/mol. The van der Waals surface area contributed by atoms with Crippen LogP contribution in [0.2, 0.25) is 5.02 Å². The van der Waals surface area contributed by atoms with Crippen LogP contribution in [0, 0.1) is 6.92 Å². The number of anilines is 1. The highest BCUT2D eigenvalue weighted by Crippen LogP contribution is 2.35. The van der Waals surface area contributed by atoms with Crippen molar-refractivity contribution in [3.63, 3.8) is 0 Å². The minimum absolute atomic E-state index is 0.0921. The van der Waals surface area contributed by atoms with E-state index in [-0.39, 0.29) is 16.4 Å². The predicted molar refractivity (Wildman–Crippen MR) is 135 cm³/mol. The van der Waals surface area contributed by atoms with Crippen molar-refractivity contribution in [1.29, 1.82) is 0 Å². The van der Waals surface area contributed by atoms with Crippen LogP contribution in [0.25, 0.3) is 5.70 Å². The molecular formula is C23H21ClF3N7O2S. The van der Waals surface area contributed by atoms with Crippen LogP contribution in [0.15, 0.2) is 54.3 Å². The molecule has 37 heavy (non-hydrogen) atoms. The third-order valence-corrected chi connectivity index (χ3v) is 6.20. The minimum atomic E-state index is -4.70. The Kier molecular flexibility index (Phi) is 8.61. The fourth-order valence-corrected chi connectivity index (χ4v) is 3.96. The van der Waals surface area contributed by atoms with Crippen LogP contribution in [0.5, 0.6) is 0 Å². The normalized spacial score (nSPS) is 13.0. The van der Waals surface area contributed by atoms with E-state index in [1.54, 1.807) is 30.9 Å². The number of amides is 2. The molecule has 0 aromatic carbocycles. The maximum atomic E-state index is 13.1. The van der Waals surface area contributed by atoms with E-state index in [4.69, 9.17) is 11.6 Å². The van der Waals surface area contributed by atoms with Gasteiger partial charge >= 0.3 is 6.18 Å². The van der Waals surface area contributed by atoms with Gasteiger partial charge in [0, 0.05) is 24.3 Å². The first-order valence-electron chi connectivity index (χ1n) is 10.6. The van der Waals surface area contributed by atoms with Crippen molar-refractivity contribution in [3.05, 3.63) is 75.5 Å². The molecule has 0 aliphatic heterocycles. The smallest absolute Gasteiger partial charge is 0.342 e. The van der Waals surface area contributed by atoms with Crippen molar-refractivity contribution >= 4 is 52.5 Å². The Hall–Kier alpha value is -3.84. The van der Waals surface area contributed by atoms with Crippen LogP contribution < -0.4 is 10.6 Å². The minimum Gasteiger partial charge on any atom is -0.342 e. The third-order valence-electron chi connectivity index (χ3n) is 4.72. The lowest BCUT2D eigenvalue weighted by molar-refractivity contribution is -0.137. The Morgan fingerprint density at radius 1 is 1.27 bits per heavy atom. The summed E-state index contributed by atoms with van der Waals surface area (Å²) in [4.78, 5) is 41.6. The number of thiazole rings is 1. The number of allylic oxidation sites excluding steroid dienone is 2. The summed E-state index contributed by atoms with van der Waals surface area (Å²) in [5.74, 6) is -1.54. The Labute approximate surface area is 218 Å². The molecule has 0 aliphatic carbocycles. The number of pyridine rings is 1. The van der Waals surface area contributed by atoms with Gasteiger partial charge in [0.2, 0.25) is 0 Å². The van der Waals surface area contributed by atoms with E-state index < -0.39 is 34.6 Å². The molecular weight excluding hydrogens is 531 g/mol. The van der Waals surface area contributed by atoms with Gasteiger partial charge in [-0.1, -0.05) is 18.2 Å². The van der Waals surface area contributed by atoms with E-state index in [1.165, 1.54) is 18.5 Å². The van der Waals surface area contributed by atoms with Crippen molar-refractivity contribution in [1.82, 2.24) is 24.8 Å². The highest BCUT2D eigenvalue weighted by molar-refractivity contribution is 7.13. The van der Waals surface area contributed by atoms with Gasteiger partial charge in [-0.3, -0.25) is 14.6 Å². The number of rotatable bonds is 8. The summed E-state index contributed by atoms with van der Waals surface area (Å²) in [5, 5.41) is 4.85. The summed E-state index contributed by atoms with van der Waals surface area (Å²) in [6, 6.07) is 0.0373. The molecule has 14 heteroatoms. The second-order valence-electron chi connectivity index (χ2n) is 7.59. The Bertz CT molecular complexity index is 1390. The van der Waals surface area contributed by atoms with Crippen LogP contribution >= 0.6 is 22.9 Å². The zero-order valence-corrected chi connectivity index (χ0v) is 21.4. The number of nitrogens with zero attached hydrogens (tertiary/aromatic N) is 5. The van der Waals surface area contributed by atoms with Crippen LogP contribution in [0.1, 0.15) is 45.8 Å². The first-order chi connectivity index (χ1) is 17.4. The molecule has 0 bridgehead atoms. The number of imidazole rings is 1. The number of aryl methyl sites for hydroxylation is 1. The number of alkyl halides is 3. The molecule has 0 saturated heterocycles. The maximum absolute atomic E-state index is 13.1. The number of aliphatic imine (C=N–C) groups is 1. The van der Waals surface area contributed by atoms with Crippen LogP contribution in [-0.2, 0) is 11.0 Å². The van der Waals surface area contributed by atoms with Crippen LogP contribution in [0.4, 0.5) is 19.0 Å². The third kappa shape index (κ3) is 7.11. The van der Waals surface area contributed by atoms with Gasteiger partial charge in [0.1, 0.15) is 21.4 Å². The number of hydrogen-bond donors (Lipinski definition) is 2. The molecule has 0 unspecified atom stereocenters. The molecule has 0 radical (unpaired) electrons. The molecule has 0 saturated carbocycles. The largest absolute Gasteiger partial charge is 0.418 e. The molecule has 3 aromatic rings. The first kappa shape index (κ1) is 27.7. The molecule has 2 N–H and O–H groups in total. The number of aromatic nitrogens is 4. The standard InChI is InChI=1S/C23H21ClF3N7O2S/c1-5-28-17(6-13(3)34-10-12(2)31-11-34)20(35)32-14(4)22-30-9-18(37-22)21(36)33-19-7-15(23(25,26)27)16(24)8-29-19/h5-11,14H,3H2,1-2,4H3,(H,32,35)(H,29,33,36)/b17-6-,28-5?/t14-/m1/s1. The zero-order valence-electron chi connectivity index (χ0n) is 19.8. The number of hydrogen-bond acceptors (Lipinski definition) is 7. The summed E-state index contributed by atoms with van der Waals surface area (Å²) in [6.07, 6.45) is 3.63. The molecule has 0 spiro atoms. The number of carbonyl (C=O) groups excluding carboxylic acids is 2. The van der Waals surface area contributed by atoms with Gasteiger partial charge in [0.05, 0.1) is 34.8 Å². The fraction of sp³-hybridized carbons (Fsp3) is 0.217. The van der Waals surface area contributed by atoms with E-state index in [0.717, 1.165) is 23.2 Å². The summed E-state index contributed by atoms with van der Waals surface area (Å²) in [5.41, 5.74) is 0.228. The lowest BCUT2D eigenvalue weighted by Gasteiger charge is -2.12. The van der Waals surface area contributed by atoms with Gasteiger partial charge in [0.15, 0.2) is 0 Å². The molecule has 0 aliphatic rings. The Balaban J connectivity index is 1.70. The average molecular weight is 552 g/mol. The van der Waals surface area contributed by atoms with E-state index >= 15 is 0 Å². The molecule has 9 nitrogen and oxygen atoms in total. The number of halogens is 4. The Morgan fingerprint density at radius 3 is 2.62 bits per heavy atom. The van der Waals surface area contributed by atoms with Crippen molar-refractivity contribution in [2.24, 2.45) is 4.99 Å². The van der Waals surface area contributed by atoms with Crippen molar-refractivity contribution in [2.75, 3.05) is 5.32 Å². The summed E-state index contributed by atoms with van der Waals surface area (Å²) in [6.45, 7) is 9.07. The summed E-state index contributed by atoms with van der Waals surface area (Å²) < 4.78 is 40.8.